The first-order chi connectivity index (χ1) is 9.01. The molecule has 0 spiro atoms. The monoisotopic (exact) mass is 339 g/mol. The summed E-state index contributed by atoms with van der Waals surface area (Å²) in [6.07, 6.45) is 0.756. The van der Waals surface area contributed by atoms with Crippen LogP contribution in [0.25, 0.3) is 0 Å². The van der Waals surface area contributed by atoms with Gasteiger partial charge in [-0.1, -0.05) is 40.5 Å². The van der Waals surface area contributed by atoms with E-state index in [1.807, 2.05) is 32.0 Å². The third-order valence-corrected chi connectivity index (χ3v) is 4.11. The first kappa shape index (κ1) is 14.3. The van der Waals surface area contributed by atoms with Crippen molar-refractivity contribution in [3.63, 3.8) is 0 Å². The topological polar surface area (TPSA) is 37.8 Å². The molecule has 100 valence electrons. The molecule has 2 aromatic rings. The minimum absolute atomic E-state index is 0.500. The molecule has 0 fully saturated rings. The minimum atomic E-state index is 0.500. The molecule has 0 bridgehead atoms. The van der Waals surface area contributed by atoms with Gasteiger partial charge in [0.2, 0.25) is 0 Å². The number of nitrogens with one attached hydrogen (secondary N) is 1. The Morgan fingerprint density at radius 2 is 2.00 bits per heavy atom. The normalized spacial score (nSPS) is 10.6. The fraction of sp³-hybridized carbons (Fsp3) is 0.286. The van der Waals surface area contributed by atoms with Gasteiger partial charge >= 0.3 is 0 Å². The molecule has 0 aliphatic rings. The molecular weight excluding hydrogens is 326 g/mol. The second-order valence-electron chi connectivity index (χ2n) is 4.35. The molecule has 0 radical (unpaired) electrons. The van der Waals surface area contributed by atoms with Crippen molar-refractivity contribution >= 4 is 39.0 Å². The molecule has 1 aromatic heterocycles. The van der Waals surface area contributed by atoms with Gasteiger partial charge in [-0.05, 0) is 31.5 Å². The maximum atomic E-state index is 6.12. The number of benzene rings is 1. The molecule has 2 rings (SSSR count). The van der Waals surface area contributed by atoms with Gasteiger partial charge in [0.05, 0.1) is 0 Å². The molecule has 1 heterocycles. The van der Waals surface area contributed by atoms with Crippen LogP contribution in [0.15, 0.2) is 22.7 Å². The van der Waals surface area contributed by atoms with E-state index in [9.17, 15) is 0 Å². The predicted molar refractivity (Wildman–Crippen MR) is 83.3 cm³/mol. The highest BCUT2D eigenvalue weighted by molar-refractivity contribution is 9.10. The fourth-order valence-corrected chi connectivity index (χ4v) is 2.19. The highest BCUT2D eigenvalue weighted by Crippen LogP contribution is 2.26. The van der Waals surface area contributed by atoms with Gasteiger partial charge in [0.1, 0.15) is 16.8 Å². The summed E-state index contributed by atoms with van der Waals surface area (Å²) in [7, 11) is 0. The first-order valence-corrected chi connectivity index (χ1v) is 7.24. The zero-order valence-corrected chi connectivity index (χ0v) is 13.4. The van der Waals surface area contributed by atoms with Crippen LogP contribution in [-0.2, 0) is 6.42 Å². The van der Waals surface area contributed by atoms with E-state index in [1.165, 1.54) is 5.56 Å². The van der Waals surface area contributed by atoms with Crippen LogP contribution in [0.2, 0.25) is 5.15 Å². The quantitative estimate of drug-likeness (QED) is 0.814. The fourth-order valence-electron chi connectivity index (χ4n) is 1.62. The van der Waals surface area contributed by atoms with Gasteiger partial charge in [0.25, 0.3) is 0 Å². The van der Waals surface area contributed by atoms with Crippen molar-refractivity contribution in [2.75, 3.05) is 5.32 Å². The average molecular weight is 341 g/mol. The van der Waals surface area contributed by atoms with Gasteiger partial charge in [0, 0.05) is 22.1 Å². The summed E-state index contributed by atoms with van der Waals surface area (Å²) in [5.41, 5.74) is 3.02. The van der Waals surface area contributed by atoms with Crippen LogP contribution in [0.5, 0.6) is 0 Å². The lowest BCUT2D eigenvalue weighted by Gasteiger charge is -2.11. The Bertz CT molecular complexity index is 614. The second-order valence-corrected chi connectivity index (χ2v) is 5.56. The lowest BCUT2D eigenvalue weighted by molar-refractivity contribution is 0.934. The number of aromatic nitrogens is 2. The van der Waals surface area contributed by atoms with Crippen molar-refractivity contribution in [3.8, 4) is 0 Å². The molecule has 0 aliphatic heterocycles. The Morgan fingerprint density at radius 1 is 1.26 bits per heavy atom. The van der Waals surface area contributed by atoms with Crippen LogP contribution >= 0.6 is 27.5 Å². The molecule has 0 amide bonds. The molecule has 3 nitrogen and oxygen atoms in total. The Kier molecular flexibility index (Phi) is 4.42. The number of aryl methyl sites for hydroxylation is 2. The lowest BCUT2D eigenvalue weighted by Crippen LogP contribution is -2.03. The maximum Gasteiger partial charge on any atom is 0.138 e. The van der Waals surface area contributed by atoms with Gasteiger partial charge in [0.15, 0.2) is 0 Å². The summed E-state index contributed by atoms with van der Waals surface area (Å²) in [4.78, 5) is 8.71. The van der Waals surface area contributed by atoms with Crippen LogP contribution in [0, 0.1) is 13.8 Å². The standard InChI is InChI=1S/C14H15BrClN3/c1-4-12-18-13(16)9(3)14(19-12)17-10-6-5-8(2)11(15)7-10/h5-7H,4H2,1-3H3,(H,17,18,19). The number of hydrogen-bond acceptors (Lipinski definition) is 3. The number of halogens is 2. The van der Waals surface area contributed by atoms with Crippen molar-refractivity contribution in [2.45, 2.75) is 27.2 Å². The van der Waals surface area contributed by atoms with Gasteiger partial charge in [-0.25, -0.2) is 9.97 Å². The van der Waals surface area contributed by atoms with Gasteiger partial charge < -0.3 is 5.32 Å². The number of rotatable bonds is 3. The largest absolute Gasteiger partial charge is 0.340 e. The lowest BCUT2D eigenvalue weighted by atomic mass is 10.2. The van der Waals surface area contributed by atoms with Crippen LogP contribution < -0.4 is 5.32 Å². The van der Waals surface area contributed by atoms with Crippen molar-refractivity contribution in [1.82, 2.24) is 9.97 Å². The van der Waals surface area contributed by atoms with Crippen LogP contribution in [0.4, 0.5) is 11.5 Å². The Morgan fingerprint density at radius 3 is 2.63 bits per heavy atom. The van der Waals surface area contributed by atoms with E-state index < -0.39 is 0 Å². The molecule has 0 unspecified atom stereocenters. The van der Waals surface area contributed by atoms with E-state index in [4.69, 9.17) is 11.6 Å². The highest BCUT2D eigenvalue weighted by atomic mass is 79.9. The van der Waals surface area contributed by atoms with Gasteiger partial charge in [-0.2, -0.15) is 0 Å². The number of hydrogen-bond donors (Lipinski definition) is 1. The van der Waals surface area contributed by atoms with Crippen molar-refractivity contribution in [1.29, 1.82) is 0 Å². The van der Waals surface area contributed by atoms with E-state index in [2.05, 4.69) is 38.1 Å². The molecule has 0 aliphatic carbocycles. The van der Waals surface area contributed by atoms with Crippen molar-refractivity contribution in [3.05, 3.63) is 44.8 Å². The summed E-state index contributed by atoms with van der Waals surface area (Å²) in [6.45, 7) is 5.97. The summed E-state index contributed by atoms with van der Waals surface area (Å²) in [5.74, 6) is 1.50. The van der Waals surface area contributed by atoms with Gasteiger partial charge in [-0.15, -0.1) is 0 Å². The molecule has 0 saturated heterocycles. The van der Waals surface area contributed by atoms with Crippen LogP contribution in [0.3, 0.4) is 0 Å². The van der Waals surface area contributed by atoms with Gasteiger partial charge in [-0.3, -0.25) is 0 Å². The number of anilines is 2. The average Bonchev–Trinajstić information content (AvgIpc) is 2.39. The maximum absolute atomic E-state index is 6.12. The van der Waals surface area contributed by atoms with E-state index in [0.29, 0.717) is 5.15 Å². The Balaban J connectivity index is 2.37. The third kappa shape index (κ3) is 3.25. The summed E-state index contributed by atoms with van der Waals surface area (Å²) in [6, 6.07) is 6.09. The predicted octanol–water partition coefficient (Wildman–Crippen LogP) is 4.82. The first-order valence-electron chi connectivity index (χ1n) is 6.07. The smallest absolute Gasteiger partial charge is 0.138 e. The molecule has 0 atom stereocenters. The van der Waals surface area contributed by atoms with E-state index in [-0.39, 0.29) is 0 Å². The zero-order chi connectivity index (χ0) is 14.0. The van der Waals surface area contributed by atoms with E-state index in [1.54, 1.807) is 0 Å². The zero-order valence-electron chi connectivity index (χ0n) is 11.1. The molecule has 5 heteroatoms. The molecule has 19 heavy (non-hydrogen) atoms. The van der Waals surface area contributed by atoms with Crippen LogP contribution in [0.1, 0.15) is 23.9 Å². The Hall–Kier alpha value is -1.13. The Labute approximate surface area is 126 Å². The molecule has 0 saturated carbocycles. The molecule has 1 aromatic carbocycles. The summed E-state index contributed by atoms with van der Waals surface area (Å²) >= 11 is 9.64. The SMILES string of the molecule is CCc1nc(Cl)c(C)c(Nc2ccc(C)c(Br)c2)n1. The summed E-state index contributed by atoms with van der Waals surface area (Å²) in [5, 5.41) is 3.79. The minimum Gasteiger partial charge on any atom is -0.340 e. The van der Waals surface area contributed by atoms with Crippen molar-refractivity contribution in [2.24, 2.45) is 0 Å². The number of nitrogens with zero attached hydrogens (tertiary/aromatic N) is 2. The molecule has 1 N–H and O–H groups in total. The summed E-state index contributed by atoms with van der Waals surface area (Å²) < 4.78 is 1.06. The van der Waals surface area contributed by atoms with Crippen LogP contribution in [-0.4, -0.2) is 9.97 Å². The highest BCUT2D eigenvalue weighted by Gasteiger charge is 2.09. The van der Waals surface area contributed by atoms with E-state index in [0.717, 1.165) is 33.8 Å². The van der Waals surface area contributed by atoms with Crippen molar-refractivity contribution < 1.29 is 0 Å². The second kappa shape index (κ2) is 5.88. The van der Waals surface area contributed by atoms with E-state index >= 15 is 0 Å². The third-order valence-electron chi connectivity index (χ3n) is 2.88. The molecular formula is C14H15BrClN3.